The van der Waals surface area contributed by atoms with Crippen LogP contribution in [0.1, 0.15) is 52.7 Å². The van der Waals surface area contributed by atoms with Gasteiger partial charge in [-0.25, -0.2) is 0 Å². The maximum Gasteiger partial charge on any atom is -0.0202 e. The first-order valence-electron chi connectivity index (χ1n) is 6.33. The predicted octanol–water partition coefficient (Wildman–Crippen LogP) is 5.57. The van der Waals surface area contributed by atoms with Crippen LogP contribution < -0.4 is 0 Å². The smallest absolute Gasteiger partial charge is 0.0202 e. The van der Waals surface area contributed by atoms with Crippen molar-refractivity contribution >= 4 is 8.58 Å². The first-order chi connectivity index (χ1) is 7.51. The number of benzene rings is 1. The van der Waals surface area contributed by atoms with Gasteiger partial charge in [0.15, 0.2) is 0 Å². The monoisotopic (exact) mass is 252 g/mol. The Bertz CT molecular complexity index is 293. The van der Waals surface area contributed by atoms with Gasteiger partial charge in [0, 0.05) is 0 Å². The largest absolute Gasteiger partial charge is 0.111 e. The van der Waals surface area contributed by atoms with Crippen LogP contribution in [0.4, 0.5) is 0 Å². The number of aryl methyl sites for hydroxylation is 2. The van der Waals surface area contributed by atoms with Gasteiger partial charge in [-0.15, -0.1) is 8.58 Å². The van der Waals surface area contributed by atoms with Crippen LogP contribution in [0, 0.1) is 13.8 Å². The SMILES string of the molecule is CC(C)(C)PC(C)(C)C.Cc1ccccc1C. The highest BCUT2D eigenvalue weighted by molar-refractivity contribution is 7.41. The summed E-state index contributed by atoms with van der Waals surface area (Å²) in [6, 6.07) is 8.36. The third kappa shape index (κ3) is 10.5. The van der Waals surface area contributed by atoms with Crippen LogP contribution in [0.2, 0.25) is 0 Å². The molecule has 1 aromatic rings. The minimum absolute atomic E-state index is 0.512. The van der Waals surface area contributed by atoms with Crippen LogP contribution in [-0.2, 0) is 0 Å². The Kier molecular flexibility index (Phi) is 6.41. The van der Waals surface area contributed by atoms with E-state index in [1.807, 2.05) is 0 Å². The molecule has 1 rings (SSSR count). The maximum atomic E-state index is 2.30. The lowest BCUT2D eigenvalue weighted by Gasteiger charge is -2.28. The van der Waals surface area contributed by atoms with E-state index in [4.69, 9.17) is 0 Å². The van der Waals surface area contributed by atoms with Crippen molar-refractivity contribution in [3.8, 4) is 0 Å². The fraction of sp³-hybridized carbons (Fsp3) is 0.625. The molecule has 0 nitrogen and oxygen atoms in total. The lowest BCUT2D eigenvalue weighted by Crippen LogP contribution is -2.16. The number of hydrogen-bond acceptors (Lipinski definition) is 0. The van der Waals surface area contributed by atoms with Gasteiger partial charge in [0.1, 0.15) is 0 Å². The molecule has 0 aliphatic rings. The van der Waals surface area contributed by atoms with Gasteiger partial charge in [-0.2, -0.15) is 0 Å². The second kappa shape index (κ2) is 6.55. The molecule has 0 unspecified atom stereocenters. The van der Waals surface area contributed by atoms with E-state index in [1.54, 1.807) is 0 Å². The molecule has 0 aliphatic heterocycles. The fourth-order valence-electron chi connectivity index (χ4n) is 1.79. The second-order valence-electron chi connectivity index (χ2n) is 6.71. The summed E-state index contributed by atoms with van der Waals surface area (Å²) in [4.78, 5) is 0. The van der Waals surface area contributed by atoms with Gasteiger partial charge in [0.05, 0.1) is 0 Å². The van der Waals surface area contributed by atoms with Crippen molar-refractivity contribution in [1.82, 2.24) is 0 Å². The summed E-state index contributed by atoms with van der Waals surface area (Å²) >= 11 is 0. The molecule has 17 heavy (non-hydrogen) atoms. The van der Waals surface area contributed by atoms with Crippen molar-refractivity contribution < 1.29 is 0 Å². The Morgan fingerprint density at radius 2 is 1.00 bits per heavy atom. The molecule has 0 fully saturated rings. The third-order valence-electron chi connectivity index (χ3n) is 2.18. The Hall–Kier alpha value is -0.350. The highest BCUT2D eigenvalue weighted by Gasteiger charge is 2.19. The van der Waals surface area contributed by atoms with E-state index in [0.29, 0.717) is 10.3 Å². The van der Waals surface area contributed by atoms with Crippen LogP contribution in [0.25, 0.3) is 0 Å². The van der Waals surface area contributed by atoms with Crippen LogP contribution in [-0.4, -0.2) is 10.3 Å². The molecule has 0 aromatic heterocycles. The lowest BCUT2D eigenvalue weighted by atomic mass is 10.1. The van der Waals surface area contributed by atoms with E-state index in [0.717, 1.165) is 8.58 Å². The van der Waals surface area contributed by atoms with E-state index in [-0.39, 0.29) is 0 Å². The van der Waals surface area contributed by atoms with E-state index < -0.39 is 0 Å². The standard InChI is InChI=1S/C8H19P.C8H10/c1-7(2,3)9-8(4,5)6;1-7-5-3-4-6-8(7)2/h9H,1-6H3;3-6H,1-2H3. The van der Waals surface area contributed by atoms with Crippen molar-refractivity contribution in [2.75, 3.05) is 0 Å². The summed E-state index contributed by atoms with van der Waals surface area (Å²) in [5.41, 5.74) is 2.74. The number of rotatable bonds is 0. The normalized spacial score (nSPS) is 11.8. The van der Waals surface area contributed by atoms with Crippen LogP contribution in [0.5, 0.6) is 0 Å². The van der Waals surface area contributed by atoms with Crippen LogP contribution in [0.15, 0.2) is 24.3 Å². The summed E-state index contributed by atoms with van der Waals surface area (Å²) < 4.78 is 0. The molecule has 0 heterocycles. The molecule has 0 atom stereocenters. The summed E-state index contributed by atoms with van der Waals surface area (Å²) in [7, 11) is 1.05. The average Bonchev–Trinajstić information content (AvgIpc) is 2.04. The molecule has 0 amide bonds. The first-order valence-corrected chi connectivity index (χ1v) is 7.33. The zero-order valence-electron chi connectivity index (χ0n) is 12.8. The molecule has 98 valence electrons. The summed E-state index contributed by atoms with van der Waals surface area (Å²) in [6.07, 6.45) is 0. The van der Waals surface area contributed by atoms with E-state index in [2.05, 4.69) is 79.7 Å². The minimum Gasteiger partial charge on any atom is -0.111 e. The van der Waals surface area contributed by atoms with Crippen molar-refractivity contribution in [1.29, 1.82) is 0 Å². The molecular formula is C16H29P. The Morgan fingerprint density at radius 1 is 0.706 bits per heavy atom. The van der Waals surface area contributed by atoms with E-state index in [1.165, 1.54) is 11.1 Å². The summed E-state index contributed by atoms with van der Waals surface area (Å²) in [5, 5.41) is 1.02. The zero-order valence-corrected chi connectivity index (χ0v) is 13.8. The molecular weight excluding hydrogens is 223 g/mol. The first kappa shape index (κ1) is 16.6. The van der Waals surface area contributed by atoms with Gasteiger partial charge in [0.25, 0.3) is 0 Å². The zero-order chi connectivity index (χ0) is 13.7. The number of hydrogen-bond donors (Lipinski definition) is 0. The Balaban J connectivity index is 0.000000302. The van der Waals surface area contributed by atoms with Gasteiger partial charge >= 0.3 is 0 Å². The highest BCUT2D eigenvalue weighted by Crippen LogP contribution is 2.41. The van der Waals surface area contributed by atoms with Crippen molar-refractivity contribution in [3.05, 3.63) is 35.4 Å². The molecule has 0 N–H and O–H groups in total. The molecule has 0 radical (unpaired) electrons. The van der Waals surface area contributed by atoms with Crippen LogP contribution in [0.3, 0.4) is 0 Å². The Labute approximate surface area is 110 Å². The third-order valence-corrected chi connectivity index (χ3v) is 3.68. The molecule has 0 spiro atoms. The molecule has 1 heteroatoms. The van der Waals surface area contributed by atoms with Crippen molar-refractivity contribution in [3.63, 3.8) is 0 Å². The minimum atomic E-state index is 0.512. The van der Waals surface area contributed by atoms with Gasteiger partial charge in [-0.3, -0.25) is 0 Å². The van der Waals surface area contributed by atoms with Gasteiger partial charge in [-0.05, 0) is 35.3 Å². The summed E-state index contributed by atoms with van der Waals surface area (Å²) in [6.45, 7) is 18.1. The molecule has 0 bridgehead atoms. The molecule has 0 saturated heterocycles. The van der Waals surface area contributed by atoms with E-state index in [9.17, 15) is 0 Å². The average molecular weight is 252 g/mol. The highest BCUT2D eigenvalue weighted by atomic mass is 31.1. The molecule has 1 aromatic carbocycles. The fourth-order valence-corrected chi connectivity index (χ4v) is 4.04. The Morgan fingerprint density at radius 3 is 1.12 bits per heavy atom. The van der Waals surface area contributed by atoms with E-state index >= 15 is 0 Å². The predicted molar refractivity (Wildman–Crippen MR) is 83.7 cm³/mol. The van der Waals surface area contributed by atoms with Gasteiger partial charge in [-0.1, -0.05) is 65.8 Å². The quantitative estimate of drug-likeness (QED) is 0.530. The maximum absolute atomic E-state index is 2.30. The molecule has 0 saturated carbocycles. The van der Waals surface area contributed by atoms with Gasteiger partial charge < -0.3 is 0 Å². The molecule has 0 aliphatic carbocycles. The topological polar surface area (TPSA) is 0 Å². The lowest BCUT2D eigenvalue weighted by molar-refractivity contribution is 0.725. The van der Waals surface area contributed by atoms with Gasteiger partial charge in [0.2, 0.25) is 0 Å². The van der Waals surface area contributed by atoms with Crippen molar-refractivity contribution in [2.24, 2.45) is 0 Å². The second-order valence-corrected chi connectivity index (χ2v) is 9.96. The van der Waals surface area contributed by atoms with Crippen molar-refractivity contribution in [2.45, 2.75) is 65.7 Å². The van der Waals surface area contributed by atoms with Crippen LogP contribution >= 0.6 is 8.58 Å². The summed E-state index contributed by atoms with van der Waals surface area (Å²) in [5.74, 6) is 0.